The molecule has 0 aliphatic heterocycles. The maximum atomic E-state index is 0. The van der Waals surface area contributed by atoms with Gasteiger partial charge in [-0.05, 0) is 0 Å². The van der Waals surface area contributed by atoms with Gasteiger partial charge in [-0.3, -0.25) is 0 Å². The molecule has 66 heavy (non-hydrogen) atoms. The summed E-state index contributed by atoms with van der Waals surface area (Å²) in [6, 6.07) is 0. The van der Waals surface area contributed by atoms with E-state index in [4.69, 9.17) is 0 Å². The van der Waals surface area contributed by atoms with Crippen LogP contribution < -0.4 is 0 Å². The van der Waals surface area contributed by atoms with Crippen molar-refractivity contribution in [3.63, 3.8) is 0 Å². The van der Waals surface area contributed by atoms with Crippen molar-refractivity contribution in [1.82, 2.24) is 0 Å². The molecule has 0 aromatic carbocycles. The molecular weight excluding hydrogens is 12100 g/mol. The largest absolute Gasteiger partial charge is 0 e. The Bertz CT molecular complexity index is 0. The number of rotatable bonds is 0. The molecule has 0 aliphatic carbocycles. The van der Waals surface area contributed by atoms with Crippen LogP contribution >= 0.6 is 0 Å². The summed E-state index contributed by atoms with van der Waals surface area (Å²) in [5, 5.41) is 0. The minimum Gasteiger partial charge on any atom is 0 e. The van der Waals surface area contributed by atoms with Crippen molar-refractivity contribution in [1.29, 1.82) is 0 Å². The van der Waals surface area contributed by atoms with Crippen LogP contribution in [0.4, 0.5) is 0 Å². The minimum atomic E-state index is 0. The van der Waals surface area contributed by atoms with Crippen LogP contribution in [-0.4, -0.2) is 0 Å². The van der Waals surface area contributed by atoms with Gasteiger partial charge in [-0.15, -0.1) is 0 Å². The van der Waals surface area contributed by atoms with E-state index in [0.717, 1.165) is 0 Å². The molecule has 0 bridgehead atoms. The van der Waals surface area contributed by atoms with Crippen LogP contribution in [0.3, 0.4) is 0 Å². The molecule has 0 amide bonds. The average Bonchev–Trinajstić information content (AvgIpc) is 0. The third-order valence-electron chi connectivity index (χ3n) is 0. The molecule has 0 heterocycles. The summed E-state index contributed by atoms with van der Waals surface area (Å²) in [4.78, 5) is 0. The molecule has 0 radical (unpaired) electrons. The molecule has 0 N–H and O–H groups in total. The molecule has 0 unspecified atom stereocenters. The van der Waals surface area contributed by atoms with Crippen molar-refractivity contribution in [3.8, 4) is 0 Å². The van der Waals surface area contributed by atoms with Crippen molar-refractivity contribution in [2.75, 3.05) is 0 Å². The van der Waals surface area contributed by atoms with Gasteiger partial charge in [0.15, 0.2) is 0 Å². The topological polar surface area (TPSA) is 0 Å². The summed E-state index contributed by atoms with van der Waals surface area (Å²) in [7, 11) is 0. The third kappa shape index (κ3) is 623. The normalized spacial score (nSPS) is 0. The van der Waals surface area contributed by atoms with Crippen molar-refractivity contribution in [3.05, 3.63) is 0 Å². The van der Waals surface area contributed by atoms with Crippen molar-refractivity contribution >= 4 is 0 Å². The Morgan fingerprint density at radius 2 is 0.0152 bits per heavy atom. The molecule has 0 aliphatic rings. The molecule has 0 rings (SSSR count). The van der Waals surface area contributed by atoms with Gasteiger partial charge < -0.3 is 0 Å². The molecule has 0 aromatic rings. The van der Waals surface area contributed by atoms with E-state index in [1.807, 2.05) is 0 Å². The van der Waals surface area contributed by atoms with Gasteiger partial charge in [0.1, 0.15) is 0 Å². The minimum absolute atomic E-state index is 0. The summed E-state index contributed by atoms with van der Waals surface area (Å²) < 4.78 is 0. The summed E-state index contributed by atoms with van der Waals surface area (Å²) in [5.74, 6) is 0. The van der Waals surface area contributed by atoms with Crippen molar-refractivity contribution in [2.24, 2.45) is 0 Å². The van der Waals surface area contributed by atoms with E-state index in [2.05, 4.69) is 0 Å². The molecule has 0 nitrogen and oxygen atoms in total. The van der Waals surface area contributed by atoms with Crippen molar-refractivity contribution in [2.45, 2.75) is 0 Å². The first-order valence-electron chi connectivity index (χ1n) is 0. The Labute approximate surface area is 1350 Å². The van der Waals surface area contributed by atoms with E-state index in [-0.39, 0.29) is 1390 Å². The van der Waals surface area contributed by atoms with E-state index in [1.165, 1.54) is 0 Å². The fourth-order valence-corrected chi connectivity index (χ4v) is 0. The first-order chi connectivity index (χ1) is 0. The summed E-state index contributed by atoms with van der Waals surface area (Å²) in [5.41, 5.74) is 0. The number of hydrogen-bond acceptors (Lipinski definition) is 0. The van der Waals surface area contributed by atoms with Crippen LogP contribution in [0.25, 0.3) is 0 Å². The van der Waals surface area contributed by atoms with Crippen molar-refractivity contribution < 1.29 is 1390 Å². The van der Waals surface area contributed by atoms with E-state index >= 15 is 0 Å². The molecule has 0 fully saturated rings. The molecule has 66 heteroatoms. The van der Waals surface area contributed by atoms with Gasteiger partial charge >= 0.3 is 0 Å². The van der Waals surface area contributed by atoms with E-state index in [0.29, 0.717) is 0 Å². The zero-order valence-corrected chi connectivity index (χ0v) is 221. The molecule has 0 aromatic heterocycles. The van der Waals surface area contributed by atoms with Gasteiger partial charge in [-0.25, -0.2) is 0 Å². The van der Waals surface area contributed by atoms with E-state index in [9.17, 15) is 0 Å². The molecule has 0 spiro atoms. The Kier molecular flexibility index (Phi) is 6390. The smallest absolute Gasteiger partial charge is 0 e. The monoisotopic (exact) mass is 12100 g/mol. The first kappa shape index (κ1) is 658. The summed E-state index contributed by atoms with van der Waals surface area (Å²) >= 11 is 0. The SMILES string of the molecule is [W].[W].[W].[W].[W].[W].[W].[W].[W].[W].[W].[W].[W].[W].[W].[W].[W].[W].[W].[W].[W].[W].[W].[W].[W].[W].[W].[W].[W].[W].[W].[W].[W].[W].[W].[W].[W].[W].[W].[W].[W].[W].[W].[W].[W].[W].[W].[W].[W].[W].[W].[W].[W].[W].[W].[W].[W].[W].[W].[W].[W].[W].[W].[W].[W].[W]. The van der Waals surface area contributed by atoms with E-state index in [1.54, 1.807) is 0 Å². The van der Waals surface area contributed by atoms with Gasteiger partial charge in [-0.1, -0.05) is 0 Å². The Morgan fingerprint density at radius 1 is 0.0152 bits per heavy atom. The maximum absolute atomic E-state index is 0. The molecule has 0 atom stereocenters. The van der Waals surface area contributed by atoms with Gasteiger partial charge in [-0.2, -0.15) is 0 Å². The Hall–Kier alpha value is 45.4. The molecule has 396 valence electrons. The van der Waals surface area contributed by atoms with Crippen LogP contribution in [0.15, 0.2) is 0 Å². The Morgan fingerprint density at radius 3 is 0.0152 bits per heavy atom. The second kappa shape index (κ2) is 641. The fraction of sp³-hybridized carbons (Fsp3) is 0. The standard InChI is InChI=1S/66W. The third-order valence-corrected chi connectivity index (χ3v) is 0. The zero-order chi connectivity index (χ0) is 0. The van der Waals surface area contributed by atoms with Gasteiger partial charge in [0.2, 0.25) is 0 Å². The quantitative estimate of drug-likeness (QED) is 0.317. The maximum Gasteiger partial charge on any atom is 0 e. The molecular formula is W66. The second-order valence-electron chi connectivity index (χ2n) is 0. The van der Waals surface area contributed by atoms with Gasteiger partial charge in [0.05, 0.1) is 0 Å². The van der Waals surface area contributed by atoms with Crippen LogP contribution in [0.1, 0.15) is 0 Å². The summed E-state index contributed by atoms with van der Waals surface area (Å²) in [6.07, 6.45) is 0. The molecule has 0 saturated heterocycles. The predicted octanol–water partition coefficient (Wildman–Crippen LogP) is -0.165. The van der Waals surface area contributed by atoms with Crippen LogP contribution in [0, 0.1) is 0 Å². The average molecular weight is 12100 g/mol. The molecule has 0 saturated carbocycles. The van der Waals surface area contributed by atoms with Gasteiger partial charge in [0.25, 0.3) is 0 Å². The van der Waals surface area contributed by atoms with Gasteiger partial charge in [0, 0.05) is 1390 Å². The van der Waals surface area contributed by atoms with Crippen LogP contribution in [-0.2, 0) is 1390 Å². The predicted molar refractivity (Wildman–Crippen MR) is 0 cm³/mol. The Balaban J connectivity index is 0. The first-order valence-corrected chi connectivity index (χ1v) is 0. The second-order valence-corrected chi connectivity index (χ2v) is 0. The van der Waals surface area contributed by atoms with Crippen LogP contribution in [0.2, 0.25) is 0 Å². The zero-order valence-electron chi connectivity index (χ0n) is 26.9. The summed E-state index contributed by atoms with van der Waals surface area (Å²) in [6.45, 7) is 0. The fourth-order valence-electron chi connectivity index (χ4n) is 0. The van der Waals surface area contributed by atoms with E-state index < -0.39 is 0 Å². The van der Waals surface area contributed by atoms with Crippen LogP contribution in [0.5, 0.6) is 0 Å². The number of hydrogen-bond donors (Lipinski definition) is 0.